The van der Waals surface area contributed by atoms with E-state index in [9.17, 15) is 19.1 Å². The summed E-state index contributed by atoms with van der Waals surface area (Å²) in [6.45, 7) is 6.88. The fraction of sp³-hybridized carbons (Fsp3) is 0.318. The first-order valence-electron chi connectivity index (χ1n) is 9.75. The number of aliphatic hydroxyl groups is 1. The van der Waals surface area contributed by atoms with E-state index in [0.717, 1.165) is 13.1 Å². The summed E-state index contributed by atoms with van der Waals surface area (Å²) in [6, 6.07) is 8.08. The number of aliphatic hydroxyl groups excluding tert-OH is 1. The number of nitrogens with zero attached hydrogens (tertiary/aromatic N) is 2. The molecule has 0 aliphatic carbocycles. The molecule has 1 atom stereocenters. The van der Waals surface area contributed by atoms with Gasteiger partial charge < -0.3 is 14.9 Å². The third kappa shape index (κ3) is 4.19. The summed E-state index contributed by atoms with van der Waals surface area (Å²) < 4.78 is 13.9. The monoisotopic (exact) mass is 398 g/mol. The maximum absolute atomic E-state index is 13.9. The Morgan fingerprint density at radius 2 is 1.86 bits per heavy atom. The van der Waals surface area contributed by atoms with Crippen LogP contribution in [0.15, 0.2) is 54.4 Å². The summed E-state index contributed by atoms with van der Waals surface area (Å²) in [4.78, 5) is 32.3. The first-order chi connectivity index (χ1) is 14.0. The third-order valence-electron chi connectivity index (χ3n) is 5.36. The Hall–Kier alpha value is -3.06. The lowest BCUT2D eigenvalue weighted by molar-refractivity contribution is -0.895. The Balaban J connectivity index is 2.09. The van der Waals surface area contributed by atoms with Crippen LogP contribution in [0.4, 0.5) is 4.39 Å². The van der Waals surface area contributed by atoms with Crippen LogP contribution in [0.2, 0.25) is 0 Å². The van der Waals surface area contributed by atoms with Crippen LogP contribution in [0.1, 0.15) is 31.0 Å². The molecule has 29 heavy (non-hydrogen) atoms. The second kappa shape index (κ2) is 8.96. The first kappa shape index (κ1) is 20.7. The minimum Gasteiger partial charge on any atom is -0.507 e. The van der Waals surface area contributed by atoms with Gasteiger partial charge in [-0.2, -0.15) is 0 Å². The second-order valence-electron chi connectivity index (χ2n) is 6.99. The molecule has 1 aromatic carbocycles. The van der Waals surface area contributed by atoms with E-state index in [-0.39, 0.29) is 11.3 Å². The maximum atomic E-state index is 13.9. The number of hydrogen-bond donors (Lipinski definition) is 2. The molecule has 0 saturated carbocycles. The van der Waals surface area contributed by atoms with E-state index in [0.29, 0.717) is 24.2 Å². The second-order valence-corrected chi connectivity index (χ2v) is 6.99. The van der Waals surface area contributed by atoms with Crippen LogP contribution in [0.3, 0.4) is 0 Å². The number of likely N-dealkylation sites (tertiary alicyclic amines) is 1. The van der Waals surface area contributed by atoms with Crippen molar-refractivity contribution in [1.29, 1.82) is 0 Å². The highest BCUT2D eigenvalue weighted by Gasteiger charge is 2.46. The number of carbonyl (C=O) groups is 2. The number of hydrogen-bond acceptors (Lipinski definition) is 4. The van der Waals surface area contributed by atoms with Crippen LogP contribution in [-0.4, -0.2) is 52.9 Å². The summed E-state index contributed by atoms with van der Waals surface area (Å²) in [5.41, 5.74) is 0.810. The zero-order valence-electron chi connectivity index (χ0n) is 16.6. The van der Waals surface area contributed by atoms with Gasteiger partial charge in [-0.25, -0.2) is 4.39 Å². The smallest absolute Gasteiger partial charge is 0.295 e. The predicted octanol–water partition coefficient (Wildman–Crippen LogP) is 1.57. The minimum absolute atomic E-state index is 0.0265. The van der Waals surface area contributed by atoms with Crippen molar-refractivity contribution in [2.75, 3.05) is 26.2 Å². The lowest BCUT2D eigenvalue weighted by Gasteiger charge is -2.27. The van der Waals surface area contributed by atoms with Gasteiger partial charge in [-0.15, -0.1) is 0 Å². The number of halogens is 1. The van der Waals surface area contributed by atoms with E-state index < -0.39 is 23.5 Å². The molecule has 6 nitrogen and oxygen atoms in total. The molecule has 2 heterocycles. The normalized spacial score (nSPS) is 18.6. The van der Waals surface area contributed by atoms with Gasteiger partial charge in [0.1, 0.15) is 11.6 Å². The quantitative estimate of drug-likeness (QED) is 0.422. The highest BCUT2D eigenvalue weighted by molar-refractivity contribution is 6.46. The number of benzene rings is 1. The van der Waals surface area contributed by atoms with Crippen LogP contribution in [-0.2, 0) is 9.59 Å². The molecule has 1 amide bonds. The van der Waals surface area contributed by atoms with Gasteiger partial charge in [-0.05, 0) is 43.7 Å². The number of aromatic nitrogens is 1. The largest absolute Gasteiger partial charge is 0.507 e. The number of Topliss-reactive ketones (excluding diaryl/α,β-unsaturated/α-hetero) is 1. The molecule has 3 rings (SSSR count). The number of quaternary nitrogens is 1. The fourth-order valence-corrected chi connectivity index (χ4v) is 3.68. The Morgan fingerprint density at radius 1 is 1.17 bits per heavy atom. The van der Waals surface area contributed by atoms with Crippen molar-refractivity contribution in [2.24, 2.45) is 0 Å². The van der Waals surface area contributed by atoms with Crippen LogP contribution in [0, 0.1) is 5.82 Å². The minimum atomic E-state index is -0.839. The molecule has 1 aliphatic rings. The number of pyridine rings is 1. The number of ketones is 1. The van der Waals surface area contributed by atoms with Crippen molar-refractivity contribution in [3.63, 3.8) is 0 Å². The molecule has 0 unspecified atom stereocenters. The fourth-order valence-electron chi connectivity index (χ4n) is 3.68. The van der Waals surface area contributed by atoms with Crippen LogP contribution in [0.25, 0.3) is 5.76 Å². The highest BCUT2D eigenvalue weighted by atomic mass is 19.1. The maximum Gasteiger partial charge on any atom is 0.295 e. The summed E-state index contributed by atoms with van der Waals surface area (Å²) >= 11 is 0. The molecule has 0 radical (unpaired) electrons. The SMILES string of the molecule is CC[NH+](CC)CCN1C(=O)C(=O)C(=C(O)c2ccncc2)[C@H]1c1cccc(F)c1. The predicted molar refractivity (Wildman–Crippen MR) is 107 cm³/mol. The number of nitrogens with one attached hydrogen (secondary N) is 1. The molecule has 1 aliphatic heterocycles. The van der Waals surface area contributed by atoms with Gasteiger partial charge in [-0.1, -0.05) is 12.1 Å². The van der Waals surface area contributed by atoms with Crippen molar-refractivity contribution in [3.05, 3.63) is 71.3 Å². The molecule has 0 spiro atoms. The van der Waals surface area contributed by atoms with Crippen molar-refractivity contribution in [2.45, 2.75) is 19.9 Å². The Bertz CT molecular complexity index is 926. The zero-order chi connectivity index (χ0) is 21.0. The van der Waals surface area contributed by atoms with Crippen LogP contribution in [0.5, 0.6) is 0 Å². The lowest BCUT2D eigenvalue weighted by atomic mass is 9.95. The molecule has 2 aromatic rings. The van der Waals surface area contributed by atoms with Crippen molar-refractivity contribution in [3.8, 4) is 0 Å². The van der Waals surface area contributed by atoms with Gasteiger partial charge in [0.05, 0.1) is 37.8 Å². The molecule has 0 bridgehead atoms. The number of rotatable bonds is 7. The summed E-state index contributed by atoms with van der Waals surface area (Å²) in [5, 5.41) is 10.9. The Labute approximate surface area is 169 Å². The van der Waals surface area contributed by atoms with E-state index in [2.05, 4.69) is 18.8 Å². The standard InChI is InChI=1S/C22H24FN3O3/c1-3-25(4-2)12-13-26-19(16-6-5-7-17(23)14-16)18(21(28)22(26)29)20(27)15-8-10-24-11-9-15/h5-11,14,19,27H,3-4,12-13H2,1-2H3/p+1/t19-/m1/s1. The molecular formula is C22H25FN3O3+. The van der Waals surface area contributed by atoms with Gasteiger partial charge in [0.25, 0.3) is 11.7 Å². The van der Waals surface area contributed by atoms with Crippen molar-refractivity contribution >= 4 is 17.4 Å². The van der Waals surface area contributed by atoms with E-state index in [1.165, 1.54) is 40.4 Å². The van der Waals surface area contributed by atoms with Gasteiger partial charge in [0, 0.05) is 18.0 Å². The highest BCUT2D eigenvalue weighted by Crippen LogP contribution is 2.39. The van der Waals surface area contributed by atoms with Gasteiger partial charge in [0.15, 0.2) is 0 Å². The van der Waals surface area contributed by atoms with E-state index in [1.807, 2.05) is 0 Å². The number of carbonyl (C=O) groups excluding carboxylic acids is 2. The molecule has 1 saturated heterocycles. The molecule has 1 aromatic heterocycles. The van der Waals surface area contributed by atoms with Crippen LogP contribution < -0.4 is 4.90 Å². The first-order valence-corrected chi connectivity index (χ1v) is 9.75. The van der Waals surface area contributed by atoms with E-state index in [4.69, 9.17) is 0 Å². The summed E-state index contributed by atoms with van der Waals surface area (Å²) in [5.74, 6) is -2.19. The molecule has 7 heteroatoms. The third-order valence-corrected chi connectivity index (χ3v) is 5.36. The van der Waals surface area contributed by atoms with Crippen LogP contribution >= 0.6 is 0 Å². The lowest BCUT2D eigenvalue weighted by Crippen LogP contribution is -3.12. The summed E-state index contributed by atoms with van der Waals surface area (Å²) in [6.07, 6.45) is 2.98. The van der Waals surface area contributed by atoms with Gasteiger partial charge in [0.2, 0.25) is 0 Å². The zero-order valence-corrected chi connectivity index (χ0v) is 16.6. The van der Waals surface area contributed by atoms with Gasteiger partial charge >= 0.3 is 0 Å². The molecular weight excluding hydrogens is 373 g/mol. The summed E-state index contributed by atoms with van der Waals surface area (Å²) in [7, 11) is 0. The van der Waals surface area contributed by atoms with E-state index in [1.54, 1.807) is 18.2 Å². The Morgan fingerprint density at radius 3 is 2.48 bits per heavy atom. The number of likely N-dealkylation sites (N-methyl/N-ethyl adjacent to an activating group) is 1. The van der Waals surface area contributed by atoms with E-state index >= 15 is 0 Å². The molecule has 152 valence electrons. The average Bonchev–Trinajstić information content (AvgIpc) is 2.99. The molecule has 2 N–H and O–H groups in total. The average molecular weight is 398 g/mol. The number of amides is 1. The van der Waals surface area contributed by atoms with Gasteiger partial charge in [-0.3, -0.25) is 14.6 Å². The Kier molecular flexibility index (Phi) is 6.39. The van der Waals surface area contributed by atoms with Crippen molar-refractivity contribution < 1.29 is 24.0 Å². The topological polar surface area (TPSA) is 74.9 Å². The molecule has 1 fully saturated rings. The van der Waals surface area contributed by atoms with Crippen molar-refractivity contribution in [1.82, 2.24) is 9.88 Å².